The number of ether oxygens (including phenoxy) is 4. The van der Waals surface area contributed by atoms with Crippen molar-refractivity contribution in [3.8, 4) is 22.8 Å². The predicted octanol–water partition coefficient (Wildman–Crippen LogP) is 4.86. The van der Waals surface area contributed by atoms with E-state index in [4.69, 9.17) is 23.9 Å². The first-order valence-electron chi connectivity index (χ1n) is 18.2. The first-order chi connectivity index (χ1) is 26.2. The van der Waals surface area contributed by atoms with Crippen LogP contribution in [-0.4, -0.2) is 95.8 Å². The number of esters is 1. The normalized spacial score (nSPS) is 17.1. The van der Waals surface area contributed by atoms with Crippen LogP contribution in [0, 0.1) is 0 Å². The van der Waals surface area contributed by atoms with E-state index in [1.165, 1.54) is 23.1 Å². The van der Waals surface area contributed by atoms with Crippen LogP contribution in [0.15, 0.2) is 79.4 Å². The number of nitrogens with one attached hydrogen (secondary N) is 3. The molecule has 2 aromatic carbocycles. The first kappa shape index (κ1) is 41.8. The number of hydrogen-bond acceptors (Lipinski definition) is 10. The van der Waals surface area contributed by atoms with Gasteiger partial charge in [0.2, 0.25) is 17.7 Å². The number of likely N-dealkylation sites (tertiary alicyclic amines) is 1. The van der Waals surface area contributed by atoms with Crippen molar-refractivity contribution in [3.63, 3.8) is 0 Å². The third-order valence-electron chi connectivity index (χ3n) is 8.87. The molecule has 1 fully saturated rings. The number of methoxy groups -OCH3 is 1. The Labute approximate surface area is 321 Å². The Morgan fingerprint density at radius 1 is 1.05 bits per heavy atom. The zero-order chi connectivity index (χ0) is 40.3. The molecule has 0 radical (unpaired) electrons. The van der Waals surface area contributed by atoms with Gasteiger partial charge in [-0.15, -0.1) is 6.58 Å². The van der Waals surface area contributed by atoms with Gasteiger partial charge in [0.05, 0.1) is 31.5 Å². The molecule has 1 aromatic heterocycles. The Kier molecular flexibility index (Phi) is 14.0. The van der Waals surface area contributed by atoms with E-state index in [1.54, 1.807) is 66.9 Å². The van der Waals surface area contributed by atoms with Gasteiger partial charge in [0.15, 0.2) is 5.54 Å². The molecule has 4 amide bonds. The Morgan fingerprint density at radius 3 is 2.40 bits per heavy atom. The summed E-state index contributed by atoms with van der Waals surface area (Å²) in [4.78, 5) is 73.5. The lowest BCUT2D eigenvalue weighted by atomic mass is 9.95. The number of rotatable bonds is 15. The highest BCUT2D eigenvalue weighted by Crippen LogP contribution is 2.35. The van der Waals surface area contributed by atoms with E-state index >= 15 is 0 Å². The summed E-state index contributed by atoms with van der Waals surface area (Å²) in [6.45, 7) is 13.5. The molecule has 1 aliphatic heterocycles. The minimum absolute atomic E-state index is 0.00205. The number of hydrogen-bond donors (Lipinski definition) is 3. The van der Waals surface area contributed by atoms with Gasteiger partial charge < -0.3 is 39.8 Å². The third kappa shape index (κ3) is 10.6. The van der Waals surface area contributed by atoms with Crippen LogP contribution in [0.5, 0.6) is 11.5 Å². The Bertz CT molecular complexity index is 1910. The fraction of sp³-hybridized carbons (Fsp3) is 0.415. The second-order valence-corrected chi connectivity index (χ2v) is 13.9. The van der Waals surface area contributed by atoms with Crippen LogP contribution in [0.25, 0.3) is 22.2 Å². The minimum atomic E-state index is -1.58. The number of alkyl carbamates (subject to hydrolysis) is 1. The molecule has 0 aliphatic carbocycles. The summed E-state index contributed by atoms with van der Waals surface area (Å²) in [5, 5.41) is 8.63. The molecule has 0 spiro atoms. The topological polar surface area (TPSA) is 174 Å². The SMILES string of the molecule is C=C[C@@](CC)(NC(=O)[C@@H]1C[C@@H](Oc2cc(-c3ccccc3)nc3cc(OC)ccc23)CN1C(=O)[C@H](CNC(=O)/C=C/C)NC(=O)OC(C)(C)C)C(=O)OCC. The fourth-order valence-electron chi connectivity index (χ4n) is 6.10. The van der Waals surface area contributed by atoms with Crippen LogP contribution in [0.4, 0.5) is 4.79 Å². The van der Waals surface area contributed by atoms with Crippen molar-refractivity contribution in [2.75, 3.05) is 26.8 Å². The fourth-order valence-corrected chi connectivity index (χ4v) is 6.10. The summed E-state index contributed by atoms with van der Waals surface area (Å²) >= 11 is 0. The van der Waals surface area contributed by atoms with Gasteiger partial charge in [-0.2, -0.15) is 0 Å². The van der Waals surface area contributed by atoms with E-state index in [2.05, 4.69) is 22.5 Å². The average Bonchev–Trinajstić information content (AvgIpc) is 3.58. The summed E-state index contributed by atoms with van der Waals surface area (Å²) < 4.78 is 22.8. The van der Waals surface area contributed by atoms with E-state index in [-0.39, 0.29) is 32.5 Å². The quantitative estimate of drug-likeness (QED) is 0.110. The van der Waals surface area contributed by atoms with Crippen molar-refractivity contribution in [2.45, 2.75) is 83.7 Å². The molecule has 55 heavy (non-hydrogen) atoms. The van der Waals surface area contributed by atoms with E-state index in [0.29, 0.717) is 28.1 Å². The zero-order valence-corrected chi connectivity index (χ0v) is 32.5. The van der Waals surface area contributed by atoms with Crippen LogP contribution < -0.4 is 25.4 Å². The Morgan fingerprint density at radius 2 is 1.78 bits per heavy atom. The van der Waals surface area contributed by atoms with Gasteiger partial charge in [0.1, 0.15) is 35.3 Å². The number of aromatic nitrogens is 1. The molecule has 2 heterocycles. The molecule has 14 heteroatoms. The highest BCUT2D eigenvalue weighted by Gasteiger charge is 2.46. The molecule has 0 bridgehead atoms. The van der Waals surface area contributed by atoms with Gasteiger partial charge in [-0.05, 0) is 59.2 Å². The third-order valence-corrected chi connectivity index (χ3v) is 8.87. The number of fused-ring (bicyclic) bond motifs is 1. The van der Waals surface area contributed by atoms with Crippen molar-refractivity contribution < 1.29 is 42.9 Å². The number of pyridine rings is 1. The number of carbonyl (C=O) groups is 5. The molecule has 1 aliphatic rings. The summed E-state index contributed by atoms with van der Waals surface area (Å²) in [5.74, 6) is -1.51. The lowest BCUT2D eigenvalue weighted by molar-refractivity contribution is -0.152. The number of amides is 4. The molecule has 294 valence electrons. The van der Waals surface area contributed by atoms with Crippen molar-refractivity contribution >= 4 is 40.7 Å². The molecule has 0 saturated carbocycles. The molecular formula is C41H51N5O9. The molecule has 3 N–H and O–H groups in total. The highest BCUT2D eigenvalue weighted by atomic mass is 16.6. The van der Waals surface area contributed by atoms with E-state index in [0.717, 1.165) is 5.56 Å². The van der Waals surface area contributed by atoms with E-state index in [1.807, 2.05) is 36.4 Å². The second kappa shape index (κ2) is 18.4. The maximum atomic E-state index is 14.5. The number of carbonyl (C=O) groups excluding carboxylic acids is 5. The smallest absolute Gasteiger partial charge is 0.408 e. The summed E-state index contributed by atoms with van der Waals surface area (Å²) in [6.07, 6.45) is 2.59. The number of benzene rings is 2. The van der Waals surface area contributed by atoms with Gasteiger partial charge in [0.25, 0.3) is 0 Å². The molecule has 4 rings (SSSR count). The molecule has 3 aromatic rings. The van der Waals surface area contributed by atoms with Crippen molar-refractivity contribution in [3.05, 3.63) is 79.4 Å². The maximum Gasteiger partial charge on any atom is 0.408 e. The van der Waals surface area contributed by atoms with Gasteiger partial charge in [-0.3, -0.25) is 14.4 Å². The van der Waals surface area contributed by atoms with Crippen LogP contribution in [0.2, 0.25) is 0 Å². The Hall–Kier alpha value is -5.92. The van der Waals surface area contributed by atoms with Crippen LogP contribution in [0.1, 0.15) is 54.4 Å². The van der Waals surface area contributed by atoms with Crippen LogP contribution in [0.3, 0.4) is 0 Å². The van der Waals surface area contributed by atoms with Crippen molar-refractivity contribution in [2.24, 2.45) is 0 Å². The lowest BCUT2D eigenvalue weighted by Gasteiger charge is -2.33. The Balaban J connectivity index is 1.76. The monoisotopic (exact) mass is 757 g/mol. The summed E-state index contributed by atoms with van der Waals surface area (Å²) in [7, 11) is 1.56. The minimum Gasteiger partial charge on any atom is -0.497 e. The number of nitrogens with zero attached hydrogens (tertiary/aromatic N) is 2. The van der Waals surface area contributed by atoms with Crippen molar-refractivity contribution in [1.82, 2.24) is 25.8 Å². The van der Waals surface area contributed by atoms with Crippen molar-refractivity contribution in [1.29, 1.82) is 0 Å². The van der Waals surface area contributed by atoms with Gasteiger partial charge in [-0.1, -0.05) is 49.4 Å². The van der Waals surface area contributed by atoms with Crippen LogP contribution in [-0.2, 0) is 28.7 Å². The average molecular weight is 758 g/mol. The molecule has 14 nitrogen and oxygen atoms in total. The van der Waals surface area contributed by atoms with Gasteiger partial charge in [0, 0.05) is 36.0 Å². The number of allylic oxidation sites excluding steroid dienone is 1. The van der Waals surface area contributed by atoms with E-state index in [9.17, 15) is 24.0 Å². The highest BCUT2D eigenvalue weighted by molar-refractivity contribution is 5.96. The standard InChI is InChI=1S/C41H51N5O9/c1-9-16-35(47)42-24-32(44-39(51)55-40(5,6)7)37(49)46-25-28(22-33(46)36(48)45-41(10-2,11-3)38(50)53-12-4)54-34-23-30(26-17-14-13-15-18-26)43-31-21-27(52-8)19-20-29(31)34/h9-10,13-21,23,28,32-33H,2,11-12,22,24-25H2,1,3-8H3,(H,42,47)(H,44,51)(H,45,48)/b16-9+/t28-,32+,33+,41+/m1/s1. The molecular weight excluding hydrogens is 706 g/mol. The van der Waals surface area contributed by atoms with Gasteiger partial charge in [-0.25, -0.2) is 14.6 Å². The largest absolute Gasteiger partial charge is 0.497 e. The second-order valence-electron chi connectivity index (χ2n) is 13.9. The summed E-state index contributed by atoms with van der Waals surface area (Å²) in [5.41, 5.74) is -0.406. The molecule has 4 atom stereocenters. The van der Waals surface area contributed by atoms with Crippen LogP contribution >= 0.6 is 0 Å². The molecule has 1 saturated heterocycles. The maximum absolute atomic E-state index is 14.5. The predicted molar refractivity (Wildman–Crippen MR) is 207 cm³/mol. The zero-order valence-electron chi connectivity index (χ0n) is 32.5. The summed E-state index contributed by atoms with van der Waals surface area (Å²) in [6, 6.07) is 14.2. The first-order valence-corrected chi connectivity index (χ1v) is 18.2. The lowest BCUT2D eigenvalue weighted by Crippen LogP contribution is -2.60. The van der Waals surface area contributed by atoms with Gasteiger partial charge >= 0.3 is 12.1 Å². The molecule has 0 unspecified atom stereocenters. The van der Waals surface area contributed by atoms with E-state index < -0.39 is 59.1 Å².